The van der Waals surface area contributed by atoms with Crippen LogP contribution in [0.25, 0.3) is 0 Å². The van der Waals surface area contributed by atoms with E-state index in [-0.39, 0.29) is 17.3 Å². The van der Waals surface area contributed by atoms with E-state index in [1.165, 1.54) is 6.07 Å². The minimum Gasteiger partial charge on any atom is -0.396 e. The number of nitrogen functional groups attached to an aromatic ring is 1. The minimum absolute atomic E-state index is 0.0451. The fourth-order valence-electron chi connectivity index (χ4n) is 3.32. The maximum absolute atomic E-state index is 13.8. The molecule has 4 heteroatoms. The predicted molar refractivity (Wildman–Crippen MR) is 63.8 cm³/mol. The molecule has 92 valence electrons. The van der Waals surface area contributed by atoms with Gasteiger partial charge in [-0.05, 0) is 31.7 Å². The van der Waals surface area contributed by atoms with Gasteiger partial charge in [-0.1, -0.05) is 12.1 Å². The van der Waals surface area contributed by atoms with Crippen molar-refractivity contribution in [3.63, 3.8) is 0 Å². The molecule has 1 saturated carbocycles. The van der Waals surface area contributed by atoms with Crippen LogP contribution in [0.3, 0.4) is 0 Å². The van der Waals surface area contributed by atoms with E-state index in [0.717, 1.165) is 12.8 Å². The Kier molecular flexibility index (Phi) is 2.22. The Bertz CT molecular complexity index is 457. The van der Waals surface area contributed by atoms with E-state index in [9.17, 15) is 9.50 Å². The molecule has 1 aromatic carbocycles. The molecule has 0 aromatic heterocycles. The summed E-state index contributed by atoms with van der Waals surface area (Å²) in [4.78, 5) is 0. The summed E-state index contributed by atoms with van der Waals surface area (Å²) in [7, 11) is 0. The lowest BCUT2D eigenvalue weighted by Gasteiger charge is -2.33. The van der Waals surface area contributed by atoms with Crippen molar-refractivity contribution >= 4 is 5.69 Å². The third-order valence-electron chi connectivity index (χ3n) is 4.17. The Morgan fingerprint density at radius 3 is 2.82 bits per heavy atom. The Hall–Kier alpha value is -1.13. The van der Waals surface area contributed by atoms with E-state index in [1.807, 2.05) is 0 Å². The lowest BCUT2D eigenvalue weighted by atomic mass is 9.72. The van der Waals surface area contributed by atoms with Crippen molar-refractivity contribution in [3.8, 4) is 0 Å². The largest absolute Gasteiger partial charge is 0.396 e. The van der Waals surface area contributed by atoms with Crippen molar-refractivity contribution < 1.29 is 9.50 Å². The van der Waals surface area contributed by atoms with E-state index in [4.69, 9.17) is 5.73 Å². The fraction of sp³-hybridized carbons (Fsp3) is 0.538. The van der Waals surface area contributed by atoms with E-state index in [1.54, 1.807) is 12.1 Å². The Morgan fingerprint density at radius 2 is 2.24 bits per heavy atom. The molecule has 2 bridgehead atoms. The molecule has 3 aliphatic rings. The summed E-state index contributed by atoms with van der Waals surface area (Å²) in [6, 6.07) is 4.75. The molecule has 0 amide bonds. The number of halogens is 1. The molecule has 3 nitrogen and oxygen atoms in total. The first-order chi connectivity index (χ1) is 8.00. The van der Waals surface area contributed by atoms with E-state index in [2.05, 4.69) is 12.2 Å². The van der Waals surface area contributed by atoms with Crippen LogP contribution in [-0.2, 0) is 0 Å². The van der Waals surface area contributed by atoms with Crippen LogP contribution < -0.4 is 11.1 Å². The molecule has 1 aromatic rings. The third kappa shape index (κ3) is 1.55. The number of fused-ring (bicyclic) bond motifs is 1. The molecule has 2 saturated heterocycles. The van der Waals surface area contributed by atoms with Crippen molar-refractivity contribution in [2.45, 2.75) is 37.5 Å². The number of nitrogens with one attached hydrogen (secondary N) is 1. The van der Waals surface area contributed by atoms with Gasteiger partial charge in [0.05, 0.1) is 11.8 Å². The molecule has 3 fully saturated rings. The molecular formula is C13H17FN2O. The van der Waals surface area contributed by atoms with Crippen LogP contribution in [0.5, 0.6) is 0 Å². The number of anilines is 1. The summed E-state index contributed by atoms with van der Waals surface area (Å²) in [6.07, 6.45) is 1.32. The summed E-state index contributed by atoms with van der Waals surface area (Å²) < 4.78 is 13.8. The van der Waals surface area contributed by atoms with E-state index in [0.29, 0.717) is 11.5 Å². The van der Waals surface area contributed by atoms with Crippen LogP contribution in [0.1, 0.15) is 31.4 Å². The molecule has 0 spiro atoms. The molecule has 0 unspecified atom stereocenters. The molecule has 4 rings (SSSR count). The molecule has 2 heterocycles. The normalized spacial score (nSPS) is 36.6. The minimum atomic E-state index is -0.812. The first-order valence-electron chi connectivity index (χ1n) is 6.00. The first-order valence-corrected chi connectivity index (χ1v) is 6.00. The van der Waals surface area contributed by atoms with Gasteiger partial charge >= 0.3 is 0 Å². The maximum Gasteiger partial charge on any atom is 0.151 e. The molecule has 1 aliphatic carbocycles. The highest BCUT2D eigenvalue weighted by Gasteiger charge is 2.54. The average molecular weight is 236 g/mol. The quantitative estimate of drug-likeness (QED) is 0.683. The Labute approximate surface area is 99.8 Å². The van der Waals surface area contributed by atoms with Crippen molar-refractivity contribution in [3.05, 3.63) is 29.6 Å². The summed E-state index contributed by atoms with van der Waals surface area (Å²) in [5.74, 6) is -0.0353. The molecule has 2 atom stereocenters. The van der Waals surface area contributed by atoms with Crippen LogP contribution in [0.2, 0.25) is 0 Å². The zero-order valence-electron chi connectivity index (χ0n) is 9.78. The fourth-order valence-corrected chi connectivity index (χ4v) is 3.32. The summed E-state index contributed by atoms with van der Waals surface area (Å²) in [5.41, 5.74) is 6.07. The van der Waals surface area contributed by atoms with Gasteiger partial charge in [-0.2, -0.15) is 0 Å². The van der Waals surface area contributed by atoms with Gasteiger partial charge < -0.3 is 16.2 Å². The number of nitrogens with two attached hydrogens (primary N) is 1. The molecule has 0 radical (unpaired) electrons. The highest BCUT2D eigenvalue weighted by atomic mass is 19.1. The van der Waals surface area contributed by atoms with Gasteiger partial charge in [0.1, 0.15) is 0 Å². The molecule has 4 N–H and O–H groups in total. The number of hydrogen-bond donors (Lipinski definition) is 3. The number of aliphatic hydroxyl groups excluding tert-OH is 1. The van der Waals surface area contributed by atoms with Crippen molar-refractivity contribution in [1.82, 2.24) is 5.32 Å². The topological polar surface area (TPSA) is 58.3 Å². The highest BCUT2D eigenvalue weighted by molar-refractivity contribution is 5.44. The highest BCUT2D eigenvalue weighted by Crippen LogP contribution is 2.50. The number of aliphatic hydroxyl groups is 1. The first kappa shape index (κ1) is 11.0. The zero-order chi connectivity index (χ0) is 12.2. The van der Waals surface area contributed by atoms with Gasteiger partial charge in [0, 0.05) is 17.1 Å². The lowest BCUT2D eigenvalue weighted by Crippen LogP contribution is -2.40. The van der Waals surface area contributed by atoms with Crippen LogP contribution in [0.15, 0.2) is 18.2 Å². The zero-order valence-corrected chi connectivity index (χ0v) is 9.78. The van der Waals surface area contributed by atoms with Crippen LogP contribution in [-0.4, -0.2) is 16.7 Å². The Balaban J connectivity index is 1.87. The Morgan fingerprint density at radius 1 is 1.53 bits per heavy atom. The lowest BCUT2D eigenvalue weighted by molar-refractivity contribution is 0.118. The van der Waals surface area contributed by atoms with Crippen molar-refractivity contribution in [1.29, 1.82) is 0 Å². The predicted octanol–water partition coefficient (Wildman–Crippen LogP) is 1.58. The second kappa shape index (κ2) is 3.43. The van der Waals surface area contributed by atoms with Crippen LogP contribution >= 0.6 is 0 Å². The van der Waals surface area contributed by atoms with E-state index >= 15 is 0 Å². The molecular weight excluding hydrogens is 219 g/mol. The van der Waals surface area contributed by atoms with Crippen LogP contribution in [0, 0.1) is 11.7 Å². The second-order valence-electron chi connectivity index (χ2n) is 5.59. The maximum atomic E-state index is 13.8. The third-order valence-corrected chi connectivity index (χ3v) is 4.17. The number of hydrogen-bond acceptors (Lipinski definition) is 3. The van der Waals surface area contributed by atoms with Gasteiger partial charge in [-0.3, -0.25) is 0 Å². The van der Waals surface area contributed by atoms with Crippen molar-refractivity contribution in [2.24, 2.45) is 5.92 Å². The average Bonchev–Trinajstić information content (AvgIpc) is 2.74. The van der Waals surface area contributed by atoms with Gasteiger partial charge in [-0.25, -0.2) is 4.39 Å². The summed E-state index contributed by atoms with van der Waals surface area (Å²) in [6.45, 7) is 2.14. The van der Waals surface area contributed by atoms with Gasteiger partial charge in [-0.15, -0.1) is 0 Å². The van der Waals surface area contributed by atoms with Gasteiger partial charge in [0.2, 0.25) is 0 Å². The smallest absolute Gasteiger partial charge is 0.151 e. The standard InChI is InChI=1S/C13H17FN2O/c1-13-5-7(6-13)11(16-13)12(17)8-3-2-4-9(15)10(8)14/h2-4,7,11-12,16-17H,5-6,15H2,1H3/t7?,11-,12-,13?/m0/s1. The van der Waals surface area contributed by atoms with Crippen LogP contribution in [0.4, 0.5) is 10.1 Å². The number of benzene rings is 1. The van der Waals surface area contributed by atoms with Crippen molar-refractivity contribution in [2.75, 3.05) is 5.73 Å². The van der Waals surface area contributed by atoms with Gasteiger partial charge in [0.15, 0.2) is 5.82 Å². The number of rotatable bonds is 2. The molecule has 2 aliphatic heterocycles. The summed E-state index contributed by atoms with van der Waals surface area (Å²) >= 11 is 0. The monoisotopic (exact) mass is 236 g/mol. The van der Waals surface area contributed by atoms with E-state index < -0.39 is 11.9 Å². The second-order valence-corrected chi connectivity index (χ2v) is 5.59. The SMILES string of the molecule is CC12CC(C1)[C@@H]([C@@H](O)c1cccc(N)c1F)N2. The molecule has 17 heavy (non-hydrogen) atoms. The summed E-state index contributed by atoms with van der Waals surface area (Å²) in [5, 5.41) is 13.7. The van der Waals surface area contributed by atoms with Gasteiger partial charge in [0.25, 0.3) is 0 Å².